The van der Waals surface area contributed by atoms with Gasteiger partial charge in [0.2, 0.25) is 0 Å². The van der Waals surface area contributed by atoms with Crippen molar-refractivity contribution < 1.29 is 31.1 Å². The van der Waals surface area contributed by atoms with Gasteiger partial charge in [-0.2, -0.15) is 0 Å². The number of halogens is 1. The van der Waals surface area contributed by atoms with Crippen LogP contribution in [0.4, 0.5) is 5.69 Å². The zero-order valence-corrected chi connectivity index (χ0v) is 18.6. The number of primary amides is 1. The number of benzene rings is 2. The molecule has 156 valence electrons. The number of nitrogens with one attached hydrogen (secondary N) is 1. The van der Waals surface area contributed by atoms with Gasteiger partial charge < -0.3 is 32.5 Å². The number of carbonyl (C=O) groups is 2. The van der Waals surface area contributed by atoms with E-state index >= 15 is 0 Å². The van der Waals surface area contributed by atoms with Gasteiger partial charge in [-0.3, -0.25) is 9.59 Å². The third-order valence-corrected chi connectivity index (χ3v) is 5.66. The van der Waals surface area contributed by atoms with Crippen molar-refractivity contribution in [1.29, 1.82) is 0 Å². The van der Waals surface area contributed by atoms with Gasteiger partial charge in [-0.05, 0) is 44.2 Å². The van der Waals surface area contributed by atoms with E-state index in [1.54, 1.807) is 12.1 Å². The molecule has 2 aromatic carbocycles. The minimum Gasteiger partial charge on any atom is -1.00 e. The Morgan fingerprint density at radius 3 is 2.24 bits per heavy atom. The van der Waals surface area contributed by atoms with Crippen molar-refractivity contribution in [3.8, 4) is 0 Å². The van der Waals surface area contributed by atoms with E-state index < -0.39 is 5.91 Å². The first-order chi connectivity index (χ1) is 13.5. The summed E-state index contributed by atoms with van der Waals surface area (Å²) in [6.07, 6.45) is 4.72. The van der Waals surface area contributed by atoms with Gasteiger partial charge in [-0.25, -0.2) is 0 Å². The lowest BCUT2D eigenvalue weighted by atomic mass is 10.1. The van der Waals surface area contributed by atoms with Gasteiger partial charge in [0.15, 0.2) is 6.54 Å². The second-order valence-corrected chi connectivity index (χ2v) is 7.91. The quantitative estimate of drug-likeness (QED) is 0.621. The number of amides is 2. The van der Waals surface area contributed by atoms with Crippen LogP contribution in [0.15, 0.2) is 48.5 Å². The first-order valence-electron chi connectivity index (χ1n) is 10.1. The van der Waals surface area contributed by atoms with Crippen molar-refractivity contribution in [3.05, 3.63) is 65.2 Å². The fourth-order valence-electron chi connectivity index (χ4n) is 4.23. The first kappa shape index (κ1) is 23.1. The van der Waals surface area contributed by atoms with Crippen molar-refractivity contribution in [1.82, 2.24) is 0 Å². The van der Waals surface area contributed by atoms with Gasteiger partial charge in [0.25, 0.3) is 11.8 Å². The van der Waals surface area contributed by atoms with Crippen molar-refractivity contribution >= 4 is 17.5 Å². The van der Waals surface area contributed by atoms with Gasteiger partial charge in [-0.15, -0.1) is 0 Å². The molecule has 1 heterocycles. The summed E-state index contributed by atoms with van der Waals surface area (Å²) in [5.41, 5.74) is 8.49. The summed E-state index contributed by atoms with van der Waals surface area (Å²) >= 11 is 0. The number of para-hydroxylation sites is 1. The first-order valence-corrected chi connectivity index (χ1v) is 10.1. The lowest BCUT2D eigenvalue weighted by molar-refractivity contribution is -0.932. The summed E-state index contributed by atoms with van der Waals surface area (Å²) in [6.45, 7) is 5.13. The summed E-state index contributed by atoms with van der Waals surface area (Å²) in [5.74, 6) is -0.586. The van der Waals surface area contributed by atoms with Crippen LogP contribution in [0.5, 0.6) is 0 Å². The largest absolute Gasteiger partial charge is 1.00 e. The maximum atomic E-state index is 13.0. The molecule has 3 N–H and O–H groups in total. The van der Waals surface area contributed by atoms with Crippen molar-refractivity contribution in [2.45, 2.75) is 39.2 Å². The Balaban J connectivity index is 0.00000300. The third-order valence-electron chi connectivity index (χ3n) is 5.66. The Bertz CT molecular complexity index is 831. The van der Waals surface area contributed by atoms with Crippen molar-refractivity contribution in [3.63, 3.8) is 0 Å². The van der Waals surface area contributed by atoms with E-state index in [-0.39, 0.29) is 22.9 Å². The molecule has 0 atom stereocenters. The summed E-state index contributed by atoms with van der Waals surface area (Å²) in [4.78, 5) is 24.8. The van der Waals surface area contributed by atoms with Gasteiger partial charge in [0.1, 0.15) is 6.54 Å². The molecule has 0 aromatic heterocycles. The van der Waals surface area contributed by atoms with Gasteiger partial charge in [0.05, 0.1) is 24.3 Å². The minimum absolute atomic E-state index is 0. The van der Waals surface area contributed by atoms with Crippen LogP contribution in [0.1, 0.15) is 47.2 Å². The zero-order valence-electron chi connectivity index (χ0n) is 17.0. The van der Waals surface area contributed by atoms with E-state index in [2.05, 4.69) is 29.6 Å². The highest BCUT2D eigenvalue weighted by Crippen LogP contribution is 2.24. The van der Waals surface area contributed by atoms with Crippen LogP contribution in [0.25, 0.3) is 0 Å². The molecule has 0 radical (unpaired) electrons. The number of likely N-dealkylation sites (tertiary alicyclic amines) is 1. The van der Waals surface area contributed by atoms with Crippen LogP contribution in [0, 0.1) is 6.92 Å². The molecule has 0 saturated carbocycles. The second kappa shape index (κ2) is 10.6. The van der Waals surface area contributed by atoms with Crippen LogP contribution in [0.3, 0.4) is 0 Å². The summed E-state index contributed by atoms with van der Waals surface area (Å²) < 4.78 is 0.758. The zero-order chi connectivity index (χ0) is 20.0. The fraction of sp³-hybridized carbons (Fsp3) is 0.391. The molecule has 0 bridgehead atoms. The number of aryl methyl sites for hydroxylation is 1. The molecule has 0 spiro atoms. The topological polar surface area (TPSA) is 72.2 Å². The van der Waals surface area contributed by atoms with Crippen LogP contribution in [0.2, 0.25) is 0 Å². The molecule has 3 rings (SSSR count). The van der Waals surface area contributed by atoms with Crippen molar-refractivity contribution in [2.75, 3.05) is 25.0 Å². The third kappa shape index (κ3) is 6.15. The fourth-order valence-corrected chi connectivity index (χ4v) is 4.23. The predicted molar refractivity (Wildman–Crippen MR) is 112 cm³/mol. The Hall–Kier alpha value is -2.18. The molecule has 2 amide bonds. The molecule has 1 saturated heterocycles. The molecule has 5 nitrogen and oxygen atoms in total. The molecule has 0 aliphatic carbocycles. The molecule has 2 aromatic rings. The normalized spacial score (nSPS) is 15.6. The number of carbonyl (C=O) groups excluding carboxylic acids is 2. The Kier molecular flexibility index (Phi) is 8.41. The smallest absolute Gasteiger partial charge is 0.279 e. The molecule has 29 heavy (non-hydrogen) atoms. The second-order valence-electron chi connectivity index (χ2n) is 7.91. The number of nitrogens with zero attached hydrogens (tertiary/aromatic N) is 1. The Labute approximate surface area is 183 Å². The molecule has 6 heteroatoms. The predicted octanol–water partition coefficient (Wildman–Crippen LogP) is 0.627. The molecule has 1 fully saturated rings. The van der Waals surface area contributed by atoms with Gasteiger partial charge >= 0.3 is 0 Å². The van der Waals surface area contributed by atoms with Crippen LogP contribution in [-0.4, -0.2) is 35.9 Å². The molecular weight excluding hydrogens is 430 g/mol. The highest BCUT2D eigenvalue weighted by atomic mass is 79.9. The van der Waals surface area contributed by atoms with E-state index in [9.17, 15) is 9.59 Å². The Morgan fingerprint density at radius 2 is 1.62 bits per heavy atom. The molecule has 1 aliphatic rings. The van der Waals surface area contributed by atoms with E-state index in [0.717, 1.165) is 42.5 Å². The number of hydrogen-bond donors (Lipinski definition) is 2. The lowest BCUT2D eigenvalue weighted by Crippen LogP contribution is -3.00. The van der Waals surface area contributed by atoms with Crippen LogP contribution < -0.4 is 28.0 Å². The molecular formula is C23H30BrN3O2. The van der Waals surface area contributed by atoms with E-state index in [4.69, 9.17) is 5.73 Å². The van der Waals surface area contributed by atoms with Crippen LogP contribution >= 0.6 is 0 Å². The average molecular weight is 460 g/mol. The van der Waals surface area contributed by atoms with E-state index in [0.29, 0.717) is 17.8 Å². The van der Waals surface area contributed by atoms with E-state index in [1.165, 1.54) is 18.4 Å². The summed E-state index contributed by atoms with van der Waals surface area (Å²) in [6, 6.07) is 15.7. The number of anilines is 1. The lowest BCUT2D eigenvalue weighted by Gasteiger charge is -2.37. The van der Waals surface area contributed by atoms with Gasteiger partial charge in [-0.1, -0.05) is 42.5 Å². The number of hydrogen-bond acceptors (Lipinski definition) is 2. The SMILES string of the molecule is Cc1cccc(C(N)=O)c1NC(=O)C[N+]1(Cc2ccccc2)CCCCCC1.[Br-]. The van der Waals surface area contributed by atoms with Crippen molar-refractivity contribution in [2.24, 2.45) is 5.73 Å². The number of nitrogens with two attached hydrogens (primary N) is 1. The monoisotopic (exact) mass is 459 g/mol. The summed E-state index contributed by atoms with van der Waals surface area (Å²) in [7, 11) is 0. The maximum Gasteiger partial charge on any atom is 0.279 e. The average Bonchev–Trinajstić information content (AvgIpc) is 2.89. The number of quaternary nitrogens is 1. The highest BCUT2D eigenvalue weighted by molar-refractivity contribution is 6.04. The molecule has 1 aliphatic heterocycles. The summed E-state index contributed by atoms with van der Waals surface area (Å²) in [5, 5.41) is 2.98. The van der Waals surface area contributed by atoms with Crippen LogP contribution in [-0.2, 0) is 11.3 Å². The van der Waals surface area contributed by atoms with E-state index in [1.807, 2.05) is 19.1 Å². The maximum absolute atomic E-state index is 13.0. The van der Waals surface area contributed by atoms with Gasteiger partial charge in [0, 0.05) is 5.56 Å². The molecule has 0 unspecified atom stereocenters. The minimum atomic E-state index is -0.526. The highest BCUT2D eigenvalue weighted by Gasteiger charge is 2.32. The number of rotatable bonds is 6. The standard InChI is InChI=1S/C23H29N3O2.BrH/c1-18-10-9-13-20(23(24)28)22(18)25-21(27)17-26(14-7-2-3-8-15-26)16-19-11-5-4-6-12-19;/h4-6,9-13H,2-3,7-8,14-17H2,1H3,(H2-,24,25,27,28);1H. The Morgan fingerprint density at radius 1 is 0.966 bits per heavy atom.